The fourth-order valence-electron chi connectivity index (χ4n) is 2.68. The number of piperazine rings is 1. The molecule has 0 radical (unpaired) electrons. The fourth-order valence-corrected chi connectivity index (χ4v) is 2.68. The zero-order valence-corrected chi connectivity index (χ0v) is 12.1. The summed E-state index contributed by atoms with van der Waals surface area (Å²) in [6.07, 6.45) is 3.43. The van der Waals surface area contributed by atoms with Crippen LogP contribution in [-0.2, 0) is 0 Å². The van der Waals surface area contributed by atoms with Crippen molar-refractivity contribution < 1.29 is 4.39 Å². The number of halogens is 1. The average molecular weight is 297 g/mol. The van der Waals surface area contributed by atoms with Crippen LogP contribution in [0.1, 0.15) is 11.6 Å². The third-order valence-corrected chi connectivity index (χ3v) is 3.84. The lowest BCUT2D eigenvalue weighted by molar-refractivity contribution is 0.218. The zero-order valence-electron chi connectivity index (χ0n) is 12.1. The van der Waals surface area contributed by atoms with Gasteiger partial charge in [0.2, 0.25) is 5.95 Å². The molecule has 3 rings (SSSR count). The first kappa shape index (κ1) is 14.4. The lowest BCUT2D eigenvalue weighted by Gasteiger charge is -2.36. The Hall–Kier alpha value is -2.52. The highest BCUT2D eigenvalue weighted by molar-refractivity contribution is 5.31. The molecule has 1 aromatic heterocycles. The minimum absolute atomic E-state index is 0.331. The molecule has 22 heavy (non-hydrogen) atoms. The number of benzene rings is 1. The van der Waals surface area contributed by atoms with Crippen LogP contribution in [0.15, 0.2) is 42.7 Å². The van der Waals surface area contributed by atoms with Crippen molar-refractivity contribution in [3.05, 3.63) is 54.1 Å². The summed E-state index contributed by atoms with van der Waals surface area (Å²) in [6, 6.07) is 9.92. The van der Waals surface area contributed by atoms with Gasteiger partial charge in [0.1, 0.15) is 11.9 Å². The van der Waals surface area contributed by atoms with Crippen LogP contribution in [0.25, 0.3) is 0 Å². The Labute approximate surface area is 128 Å². The maximum Gasteiger partial charge on any atom is 0.225 e. The molecule has 1 unspecified atom stereocenters. The van der Waals surface area contributed by atoms with Gasteiger partial charge >= 0.3 is 0 Å². The molecule has 0 N–H and O–H groups in total. The first-order valence-corrected chi connectivity index (χ1v) is 7.19. The molecule has 112 valence electrons. The Morgan fingerprint density at radius 2 is 1.73 bits per heavy atom. The van der Waals surface area contributed by atoms with E-state index in [1.807, 2.05) is 4.90 Å². The second kappa shape index (κ2) is 6.50. The van der Waals surface area contributed by atoms with Crippen LogP contribution in [0.4, 0.5) is 10.3 Å². The minimum Gasteiger partial charge on any atom is -0.338 e. The summed E-state index contributed by atoms with van der Waals surface area (Å²) in [7, 11) is 0. The smallest absolute Gasteiger partial charge is 0.225 e. The van der Waals surface area contributed by atoms with Crippen molar-refractivity contribution in [3.63, 3.8) is 0 Å². The van der Waals surface area contributed by atoms with Gasteiger partial charge in [0, 0.05) is 44.1 Å². The van der Waals surface area contributed by atoms with Gasteiger partial charge in [0.05, 0.1) is 6.07 Å². The average Bonchev–Trinajstić information content (AvgIpc) is 2.59. The molecule has 0 bridgehead atoms. The van der Waals surface area contributed by atoms with Gasteiger partial charge in [-0.15, -0.1) is 0 Å². The first-order valence-electron chi connectivity index (χ1n) is 7.19. The molecule has 1 aliphatic rings. The van der Waals surface area contributed by atoms with Crippen molar-refractivity contribution in [2.24, 2.45) is 0 Å². The quantitative estimate of drug-likeness (QED) is 0.867. The van der Waals surface area contributed by atoms with Gasteiger partial charge in [-0.25, -0.2) is 14.4 Å². The summed E-state index contributed by atoms with van der Waals surface area (Å²) >= 11 is 0. The van der Waals surface area contributed by atoms with Crippen LogP contribution in [0, 0.1) is 17.1 Å². The van der Waals surface area contributed by atoms with E-state index in [0.717, 1.165) is 13.1 Å². The van der Waals surface area contributed by atoms with E-state index in [4.69, 9.17) is 0 Å². The maximum atomic E-state index is 13.9. The lowest BCUT2D eigenvalue weighted by Crippen LogP contribution is -2.48. The lowest BCUT2D eigenvalue weighted by atomic mass is 10.0. The van der Waals surface area contributed by atoms with Crippen molar-refractivity contribution in [1.82, 2.24) is 14.9 Å². The molecule has 6 heteroatoms. The standard InChI is InChI=1S/C16H16FN5/c17-14-5-2-1-4-13(14)15(12-18)21-8-10-22(11-9-21)16-19-6-3-7-20-16/h1-7,15H,8-11H2. The SMILES string of the molecule is N#CC(c1ccccc1F)N1CCN(c2ncccn2)CC1. The highest BCUT2D eigenvalue weighted by atomic mass is 19.1. The summed E-state index contributed by atoms with van der Waals surface area (Å²) in [5.41, 5.74) is 0.439. The van der Waals surface area contributed by atoms with Crippen LogP contribution < -0.4 is 4.90 Å². The van der Waals surface area contributed by atoms with Crippen molar-refractivity contribution in [2.75, 3.05) is 31.1 Å². The molecule has 1 fully saturated rings. The topological polar surface area (TPSA) is 56.1 Å². The first-order chi connectivity index (χ1) is 10.8. The summed E-state index contributed by atoms with van der Waals surface area (Å²) in [6.45, 7) is 2.78. The van der Waals surface area contributed by atoms with E-state index in [2.05, 4.69) is 20.9 Å². The predicted octanol–water partition coefficient (Wildman–Crippen LogP) is 2.00. The number of aromatic nitrogens is 2. The molecule has 2 aromatic rings. The molecule has 1 aliphatic heterocycles. The number of nitrogens with zero attached hydrogens (tertiary/aromatic N) is 5. The van der Waals surface area contributed by atoms with Crippen LogP contribution in [-0.4, -0.2) is 41.0 Å². The summed E-state index contributed by atoms with van der Waals surface area (Å²) in [4.78, 5) is 12.5. The van der Waals surface area contributed by atoms with E-state index in [1.54, 1.807) is 36.7 Å². The third kappa shape index (κ3) is 2.90. The molecule has 1 aromatic carbocycles. The molecule has 1 atom stereocenters. The highest BCUT2D eigenvalue weighted by Gasteiger charge is 2.27. The Kier molecular flexibility index (Phi) is 4.26. The Morgan fingerprint density at radius 3 is 2.36 bits per heavy atom. The van der Waals surface area contributed by atoms with Gasteiger partial charge in [-0.3, -0.25) is 4.90 Å². The summed E-state index contributed by atoms with van der Waals surface area (Å²) in [5.74, 6) is 0.365. The number of hydrogen-bond donors (Lipinski definition) is 0. The number of nitriles is 1. The van der Waals surface area contributed by atoms with Gasteiger partial charge in [0.15, 0.2) is 0 Å². The van der Waals surface area contributed by atoms with E-state index >= 15 is 0 Å². The fraction of sp³-hybridized carbons (Fsp3) is 0.312. The molecular weight excluding hydrogens is 281 g/mol. The van der Waals surface area contributed by atoms with Crippen molar-refractivity contribution in [2.45, 2.75) is 6.04 Å². The Morgan fingerprint density at radius 1 is 1.05 bits per heavy atom. The monoisotopic (exact) mass is 297 g/mol. The molecular formula is C16H16FN5. The van der Waals surface area contributed by atoms with E-state index in [-0.39, 0.29) is 5.82 Å². The zero-order chi connectivity index (χ0) is 15.4. The second-order valence-corrected chi connectivity index (χ2v) is 5.12. The molecule has 2 heterocycles. The number of hydrogen-bond acceptors (Lipinski definition) is 5. The molecule has 0 spiro atoms. The van der Waals surface area contributed by atoms with Gasteiger partial charge in [-0.2, -0.15) is 5.26 Å². The molecule has 0 amide bonds. The van der Waals surface area contributed by atoms with Crippen LogP contribution in [0.3, 0.4) is 0 Å². The van der Waals surface area contributed by atoms with Crippen molar-refractivity contribution >= 4 is 5.95 Å². The van der Waals surface area contributed by atoms with Gasteiger partial charge < -0.3 is 4.90 Å². The Balaban J connectivity index is 1.70. The molecule has 1 saturated heterocycles. The molecule has 0 aliphatic carbocycles. The Bertz CT molecular complexity index is 662. The van der Waals surface area contributed by atoms with E-state index in [1.165, 1.54) is 6.07 Å². The van der Waals surface area contributed by atoms with Crippen LogP contribution >= 0.6 is 0 Å². The normalized spacial score (nSPS) is 17.0. The summed E-state index contributed by atoms with van der Waals surface area (Å²) in [5, 5.41) is 9.44. The second-order valence-electron chi connectivity index (χ2n) is 5.12. The third-order valence-electron chi connectivity index (χ3n) is 3.84. The van der Waals surface area contributed by atoms with Crippen molar-refractivity contribution in [1.29, 1.82) is 5.26 Å². The maximum absolute atomic E-state index is 13.9. The molecule has 0 saturated carbocycles. The van der Waals surface area contributed by atoms with Gasteiger partial charge in [-0.05, 0) is 12.1 Å². The number of anilines is 1. The highest BCUT2D eigenvalue weighted by Crippen LogP contribution is 2.24. The largest absolute Gasteiger partial charge is 0.338 e. The van der Waals surface area contributed by atoms with E-state index in [9.17, 15) is 9.65 Å². The van der Waals surface area contributed by atoms with Crippen molar-refractivity contribution in [3.8, 4) is 6.07 Å². The predicted molar refractivity (Wildman–Crippen MR) is 80.6 cm³/mol. The molecule has 5 nitrogen and oxygen atoms in total. The number of rotatable bonds is 3. The van der Waals surface area contributed by atoms with E-state index < -0.39 is 6.04 Å². The van der Waals surface area contributed by atoms with Gasteiger partial charge in [0.25, 0.3) is 0 Å². The van der Waals surface area contributed by atoms with Crippen LogP contribution in [0.2, 0.25) is 0 Å². The van der Waals surface area contributed by atoms with Gasteiger partial charge in [-0.1, -0.05) is 18.2 Å². The minimum atomic E-state index is -0.556. The summed E-state index contributed by atoms with van der Waals surface area (Å²) < 4.78 is 13.9. The van der Waals surface area contributed by atoms with Crippen LogP contribution in [0.5, 0.6) is 0 Å². The van der Waals surface area contributed by atoms with E-state index in [0.29, 0.717) is 24.6 Å².